The molecule has 1 aliphatic heterocycles. The van der Waals surface area contributed by atoms with E-state index in [9.17, 15) is 4.79 Å². The summed E-state index contributed by atoms with van der Waals surface area (Å²) < 4.78 is 0. The summed E-state index contributed by atoms with van der Waals surface area (Å²) in [5, 5.41) is 8.31. The van der Waals surface area contributed by atoms with E-state index in [-0.39, 0.29) is 5.91 Å². The van der Waals surface area contributed by atoms with Crippen molar-refractivity contribution in [3.05, 3.63) is 48.4 Å². The number of fused-ring (bicyclic) bond motifs is 1. The zero-order valence-corrected chi connectivity index (χ0v) is 15.4. The lowest BCUT2D eigenvalue weighted by molar-refractivity contribution is 0.0740. The topological polar surface area (TPSA) is 78.4 Å². The van der Waals surface area contributed by atoms with Crippen LogP contribution in [0.2, 0.25) is 0 Å². The number of nitrogens with zero attached hydrogens (tertiary/aromatic N) is 7. The predicted molar refractivity (Wildman–Crippen MR) is 104 cm³/mol. The van der Waals surface area contributed by atoms with Crippen molar-refractivity contribution in [3.8, 4) is 0 Å². The molecule has 0 bridgehead atoms. The van der Waals surface area contributed by atoms with Crippen LogP contribution in [0.1, 0.15) is 10.5 Å². The third-order valence-electron chi connectivity index (χ3n) is 4.70. The average Bonchev–Trinajstić information content (AvgIpc) is 2.73. The van der Waals surface area contributed by atoms with Crippen molar-refractivity contribution in [2.24, 2.45) is 0 Å². The predicted octanol–water partition coefficient (Wildman–Crippen LogP) is 1.45. The standard InChI is InChI=1S/C19H21N7O/c1-24(2)14-11-18(23-21-12-14)25-7-9-26(10-8-25)19(27)17-13-20-15-5-3-4-6-16(15)22-17/h3-6,11-13H,7-10H2,1-2H3. The molecule has 3 heterocycles. The van der Waals surface area contributed by atoms with E-state index < -0.39 is 0 Å². The van der Waals surface area contributed by atoms with Crippen molar-refractivity contribution < 1.29 is 4.79 Å². The largest absolute Gasteiger partial charge is 0.376 e. The van der Waals surface area contributed by atoms with Gasteiger partial charge in [0.1, 0.15) is 5.69 Å². The molecule has 0 atom stereocenters. The number of amides is 1. The number of anilines is 2. The summed E-state index contributed by atoms with van der Waals surface area (Å²) in [6.45, 7) is 2.64. The Bertz CT molecular complexity index is 967. The first kappa shape index (κ1) is 17.1. The third-order valence-corrected chi connectivity index (χ3v) is 4.70. The number of aromatic nitrogens is 4. The monoisotopic (exact) mass is 363 g/mol. The van der Waals surface area contributed by atoms with Crippen LogP contribution in [0.4, 0.5) is 11.5 Å². The number of carbonyl (C=O) groups is 1. The van der Waals surface area contributed by atoms with Crippen LogP contribution >= 0.6 is 0 Å². The summed E-state index contributed by atoms with van der Waals surface area (Å²) in [5.74, 6) is 0.750. The van der Waals surface area contributed by atoms with Crippen molar-refractivity contribution in [2.75, 3.05) is 50.1 Å². The normalized spacial score (nSPS) is 14.4. The van der Waals surface area contributed by atoms with Gasteiger partial charge >= 0.3 is 0 Å². The maximum Gasteiger partial charge on any atom is 0.274 e. The van der Waals surface area contributed by atoms with Crippen molar-refractivity contribution in [1.29, 1.82) is 0 Å². The lowest BCUT2D eigenvalue weighted by Gasteiger charge is -2.35. The molecule has 2 aromatic heterocycles. The number of benzene rings is 1. The Morgan fingerprint density at radius 2 is 1.78 bits per heavy atom. The molecule has 8 heteroatoms. The first-order chi connectivity index (χ1) is 13.1. The molecule has 0 aliphatic carbocycles. The van der Waals surface area contributed by atoms with Crippen LogP contribution in [0, 0.1) is 0 Å². The lowest BCUT2D eigenvalue weighted by atomic mass is 10.2. The maximum atomic E-state index is 12.8. The van der Waals surface area contributed by atoms with Gasteiger partial charge in [-0.05, 0) is 12.1 Å². The van der Waals surface area contributed by atoms with Gasteiger partial charge in [0.05, 0.1) is 29.1 Å². The van der Waals surface area contributed by atoms with E-state index >= 15 is 0 Å². The van der Waals surface area contributed by atoms with Crippen LogP contribution in [-0.2, 0) is 0 Å². The van der Waals surface area contributed by atoms with Gasteiger partial charge < -0.3 is 14.7 Å². The van der Waals surface area contributed by atoms with Crippen molar-refractivity contribution in [3.63, 3.8) is 0 Å². The van der Waals surface area contributed by atoms with Crippen LogP contribution < -0.4 is 9.80 Å². The van der Waals surface area contributed by atoms with Crippen LogP contribution in [0.5, 0.6) is 0 Å². The molecule has 1 aromatic carbocycles. The van der Waals surface area contributed by atoms with Gasteiger partial charge in [-0.2, -0.15) is 5.10 Å². The molecule has 0 saturated carbocycles. The Hall–Kier alpha value is -3.29. The highest BCUT2D eigenvalue weighted by molar-refractivity contribution is 5.94. The van der Waals surface area contributed by atoms with E-state index in [0.717, 1.165) is 22.5 Å². The van der Waals surface area contributed by atoms with Crippen molar-refractivity contribution in [2.45, 2.75) is 0 Å². The van der Waals surface area contributed by atoms with Gasteiger partial charge in [0, 0.05) is 46.3 Å². The molecule has 3 aromatic rings. The van der Waals surface area contributed by atoms with Gasteiger partial charge in [-0.15, -0.1) is 5.10 Å². The molecule has 27 heavy (non-hydrogen) atoms. The highest BCUT2D eigenvalue weighted by Gasteiger charge is 2.24. The van der Waals surface area contributed by atoms with Crippen LogP contribution in [-0.4, -0.2) is 71.2 Å². The second-order valence-corrected chi connectivity index (χ2v) is 6.69. The van der Waals surface area contributed by atoms with E-state index in [1.165, 1.54) is 0 Å². The van der Waals surface area contributed by atoms with Crippen LogP contribution in [0.3, 0.4) is 0 Å². The quantitative estimate of drug-likeness (QED) is 0.697. The minimum absolute atomic E-state index is 0.0824. The molecule has 138 valence electrons. The van der Waals surface area contributed by atoms with Crippen molar-refractivity contribution in [1.82, 2.24) is 25.1 Å². The van der Waals surface area contributed by atoms with Gasteiger partial charge in [-0.1, -0.05) is 12.1 Å². The van der Waals surface area contributed by atoms with Gasteiger partial charge in [-0.25, -0.2) is 4.98 Å². The number of hydrogen-bond donors (Lipinski definition) is 0. The minimum atomic E-state index is -0.0824. The molecule has 0 unspecified atom stereocenters. The molecule has 1 saturated heterocycles. The van der Waals surface area contributed by atoms with Gasteiger partial charge in [0.2, 0.25) is 0 Å². The zero-order chi connectivity index (χ0) is 18.8. The summed E-state index contributed by atoms with van der Waals surface area (Å²) >= 11 is 0. The molecule has 1 fully saturated rings. The lowest BCUT2D eigenvalue weighted by Crippen LogP contribution is -2.49. The summed E-state index contributed by atoms with van der Waals surface area (Å²) in [6.07, 6.45) is 3.30. The Labute approximate surface area is 157 Å². The average molecular weight is 363 g/mol. The molecule has 1 aliphatic rings. The number of carbonyl (C=O) groups excluding carboxylic acids is 1. The molecule has 4 rings (SSSR count). The highest BCUT2D eigenvalue weighted by Crippen LogP contribution is 2.19. The molecule has 0 spiro atoms. The van der Waals surface area contributed by atoms with E-state index in [0.29, 0.717) is 31.9 Å². The molecular weight excluding hydrogens is 342 g/mol. The Balaban J connectivity index is 1.45. The fraction of sp³-hybridized carbons (Fsp3) is 0.316. The maximum absolute atomic E-state index is 12.8. The number of para-hydroxylation sites is 2. The van der Waals surface area contributed by atoms with Gasteiger partial charge in [-0.3, -0.25) is 9.78 Å². The Morgan fingerprint density at radius 3 is 2.52 bits per heavy atom. The first-order valence-electron chi connectivity index (χ1n) is 8.88. The second kappa shape index (κ2) is 7.14. The summed E-state index contributed by atoms with van der Waals surface area (Å²) in [5.41, 5.74) is 2.91. The third kappa shape index (κ3) is 3.51. The Morgan fingerprint density at radius 1 is 1.04 bits per heavy atom. The van der Waals surface area contributed by atoms with Crippen LogP contribution in [0.25, 0.3) is 11.0 Å². The molecule has 0 radical (unpaired) electrons. The summed E-state index contributed by atoms with van der Waals surface area (Å²) in [4.78, 5) is 27.6. The molecule has 8 nitrogen and oxygen atoms in total. The second-order valence-electron chi connectivity index (χ2n) is 6.69. The summed E-state index contributed by atoms with van der Waals surface area (Å²) in [6, 6.07) is 9.57. The minimum Gasteiger partial charge on any atom is -0.376 e. The first-order valence-corrected chi connectivity index (χ1v) is 8.88. The van der Waals surface area contributed by atoms with Gasteiger partial charge in [0.15, 0.2) is 5.82 Å². The zero-order valence-electron chi connectivity index (χ0n) is 15.4. The Kier molecular flexibility index (Phi) is 4.53. The van der Waals surface area contributed by atoms with E-state index in [1.807, 2.05) is 54.2 Å². The van der Waals surface area contributed by atoms with E-state index in [4.69, 9.17) is 0 Å². The number of piperazine rings is 1. The number of rotatable bonds is 3. The summed E-state index contributed by atoms with van der Waals surface area (Å²) in [7, 11) is 3.95. The molecular formula is C19H21N7O. The molecule has 1 amide bonds. The van der Waals surface area contributed by atoms with E-state index in [1.54, 1.807) is 12.4 Å². The van der Waals surface area contributed by atoms with Gasteiger partial charge in [0.25, 0.3) is 5.91 Å². The molecule has 0 N–H and O–H groups in total. The SMILES string of the molecule is CN(C)c1cnnc(N2CCN(C(=O)c3cnc4ccccc4n3)CC2)c1. The van der Waals surface area contributed by atoms with E-state index in [2.05, 4.69) is 25.1 Å². The number of hydrogen-bond acceptors (Lipinski definition) is 7. The highest BCUT2D eigenvalue weighted by atomic mass is 16.2. The fourth-order valence-electron chi connectivity index (χ4n) is 3.11. The van der Waals surface area contributed by atoms with Crippen molar-refractivity contribution >= 4 is 28.4 Å². The smallest absolute Gasteiger partial charge is 0.274 e. The fourth-order valence-corrected chi connectivity index (χ4v) is 3.11. The van der Waals surface area contributed by atoms with Crippen LogP contribution in [0.15, 0.2) is 42.7 Å².